The Morgan fingerprint density at radius 2 is 1.78 bits per heavy atom. The lowest BCUT2D eigenvalue weighted by Gasteiger charge is -2.05. The molecule has 5 heteroatoms. The van der Waals surface area contributed by atoms with Crippen molar-refractivity contribution in [1.29, 1.82) is 0 Å². The Morgan fingerprint density at radius 1 is 1.06 bits per heavy atom. The molecule has 94 valence electrons. The summed E-state index contributed by atoms with van der Waals surface area (Å²) in [5, 5.41) is 0. The Bertz CT molecular complexity index is 601. The third kappa shape index (κ3) is 2.73. The van der Waals surface area contributed by atoms with Gasteiger partial charge in [0, 0.05) is 11.3 Å². The molecule has 0 spiro atoms. The third-order valence-corrected chi connectivity index (χ3v) is 3.84. The van der Waals surface area contributed by atoms with E-state index in [1.165, 1.54) is 24.3 Å². The molecule has 0 aliphatic carbocycles. The van der Waals surface area contributed by atoms with E-state index in [0.717, 1.165) is 6.07 Å². The van der Waals surface area contributed by atoms with Crippen LogP contribution in [0, 0.1) is 11.6 Å². The zero-order valence-electron chi connectivity index (χ0n) is 9.40. The van der Waals surface area contributed by atoms with Gasteiger partial charge in [0.25, 0.3) is 0 Å². The number of hydrogen-bond acceptors (Lipinski definition) is 2. The SMILES string of the molecule is Nc1ccc(S(=O)Cc2ccccc2F)c(F)c1. The van der Waals surface area contributed by atoms with Crippen molar-refractivity contribution < 1.29 is 13.0 Å². The smallest absolute Gasteiger partial charge is 0.141 e. The zero-order chi connectivity index (χ0) is 13.1. The van der Waals surface area contributed by atoms with Crippen molar-refractivity contribution in [3.63, 3.8) is 0 Å². The minimum atomic E-state index is -1.64. The van der Waals surface area contributed by atoms with Gasteiger partial charge in [0.15, 0.2) is 0 Å². The molecule has 0 saturated carbocycles. The van der Waals surface area contributed by atoms with Gasteiger partial charge in [-0.3, -0.25) is 4.21 Å². The van der Waals surface area contributed by atoms with Crippen molar-refractivity contribution in [2.45, 2.75) is 10.6 Å². The number of nitrogen functional groups attached to an aromatic ring is 1. The third-order valence-electron chi connectivity index (χ3n) is 2.45. The normalized spacial score (nSPS) is 12.3. The number of benzene rings is 2. The van der Waals surface area contributed by atoms with Gasteiger partial charge < -0.3 is 5.73 Å². The van der Waals surface area contributed by atoms with Gasteiger partial charge in [-0.1, -0.05) is 18.2 Å². The predicted octanol–water partition coefficient (Wildman–Crippen LogP) is 2.85. The van der Waals surface area contributed by atoms with E-state index < -0.39 is 22.4 Å². The Hall–Kier alpha value is -1.75. The van der Waals surface area contributed by atoms with Crippen molar-refractivity contribution in [2.24, 2.45) is 0 Å². The number of nitrogens with two attached hydrogens (primary N) is 1. The summed E-state index contributed by atoms with van der Waals surface area (Å²) in [7, 11) is -1.64. The van der Waals surface area contributed by atoms with Gasteiger partial charge in [0.05, 0.1) is 21.4 Å². The van der Waals surface area contributed by atoms with E-state index in [2.05, 4.69) is 0 Å². The van der Waals surface area contributed by atoms with Crippen molar-refractivity contribution in [2.75, 3.05) is 5.73 Å². The molecule has 0 aliphatic rings. The van der Waals surface area contributed by atoms with Crippen LogP contribution < -0.4 is 5.73 Å². The summed E-state index contributed by atoms with van der Waals surface area (Å²) in [4.78, 5) is 0.0347. The van der Waals surface area contributed by atoms with E-state index in [-0.39, 0.29) is 16.3 Å². The summed E-state index contributed by atoms with van der Waals surface area (Å²) in [6.45, 7) is 0. The number of rotatable bonds is 3. The van der Waals surface area contributed by atoms with E-state index in [1.807, 2.05) is 0 Å². The number of halogens is 2. The summed E-state index contributed by atoms with van der Waals surface area (Å²) in [6, 6.07) is 9.95. The zero-order valence-corrected chi connectivity index (χ0v) is 10.2. The molecule has 2 rings (SSSR count). The van der Waals surface area contributed by atoms with Crippen molar-refractivity contribution in [1.82, 2.24) is 0 Å². The molecule has 0 radical (unpaired) electrons. The molecular weight excluding hydrogens is 256 g/mol. The molecule has 0 aliphatic heterocycles. The average molecular weight is 267 g/mol. The summed E-state index contributed by atoms with van der Waals surface area (Å²) in [5.74, 6) is -1.14. The monoisotopic (exact) mass is 267 g/mol. The molecule has 2 nitrogen and oxygen atoms in total. The molecule has 0 saturated heterocycles. The van der Waals surface area contributed by atoms with Crippen LogP contribution in [0.2, 0.25) is 0 Å². The molecule has 0 fully saturated rings. The maximum Gasteiger partial charge on any atom is 0.141 e. The highest BCUT2D eigenvalue weighted by Gasteiger charge is 2.12. The van der Waals surface area contributed by atoms with Crippen LogP contribution in [0.15, 0.2) is 47.4 Å². The highest BCUT2D eigenvalue weighted by Crippen LogP contribution is 2.19. The first-order valence-electron chi connectivity index (χ1n) is 5.25. The second-order valence-corrected chi connectivity index (χ2v) is 5.19. The summed E-state index contributed by atoms with van der Waals surface area (Å²) in [6.07, 6.45) is 0. The molecule has 0 aromatic heterocycles. The highest BCUT2D eigenvalue weighted by molar-refractivity contribution is 7.84. The molecular formula is C13H11F2NOS. The van der Waals surface area contributed by atoms with Crippen LogP contribution in [0.3, 0.4) is 0 Å². The van der Waals surface area contributed by atoms with Crippen molar-refractivity contribution in [3.05, 3.63) is 59.7 Å². The first-order chi connectivity index (χ1) is 8.58. The van der Waals surface area contributed by atoms with Crippen molar-refractivity contribution >= 4 is 16.5 Å². The quantitative estimate of drug-likeness (QED) is 0.869. The topological polar surface area (TPSA) is 43.1 Å². The van der Waals surface area contributed by atoms with Crippen LogP contribution in [0.25, 0.3) is 0 Å². The Kier molecular flexibility index (Phi) is 3.72. The Labute approximate surface area is 106 Å². The summed E-state index contributed by atoms with van der Waals surface area (Å²) >= 11 is 0. The average Bonchev–Trinajstić information content (AvgIpc) is 2.32. The second-order valence-electron chi connectivity index (χ2n) is 3.77. The summed E-state index contributed by atoms with van der Waals surface area (Å²) < 4.78 is 38.9. The van der Waals surface area contributed by atoms with Gasteiger partial charge in [-0.25, -0.2) is 8.78 Å². The first-order valence-corrected chi connectivity index (χ1v) is 6.56. The number of hydrogen-bond donors (Lipinski definition) is 1. The van der Waals surface area contributed by atoms with Gasteiger partial charge in [0.2, 0.25) is 0 Å². The second kappa shape index (κ2) is 5.27. The molecule has 1 unspecified atom stereocenters. The van der Waals surface area contributed by atoms with E-state index in [1.54, 1.807) is 12.1 Å². The molecule has 2 aromatic carbocycles. The molecule has 2 N–H and O–H groups in total. The van der Waals surface area contributed by atoms with Crippen LogP contribution >= 0.6 is 0 Å². The molecule has 2 aromatic rings. The van der Waals surface area contributed by atoms with E-state index in [4.69, 9.17) is 5.73 Å². The standard InChI is InChI=1S/C13H11F2NOS/c14-11-4-2-1-3-9(11)8-18(17)13-6-5-10(16)7-12(13)15/h1-7H,8,16H2. The fourth-order valence-corrected chi connectivity index (χ4v) is 2.70. The Balaban J connectivity index is 2.25. The minimum Gasteiger partial charge on any atom is -0.399 e. The van der Waals surface area contributed by atoms with Crippen molar-refractivity contribution in [3.8, 4) is 0 Å². The van der Waals surface area contributed by atoms with Crippen LogP contribution in [0.4, 0.5) is 14.5 Å². The van der Waals surface area contributed by atoms with Crippen LogP contribution in [0.1, 0.15) is 5.56 Å². The lowest BCUT2D eigenvalue weighted by Crippen LogP contribution is -2.02. The van der Waals surface area contributed by atoms with E-state index in [0.29, 0.717) is 5.56 Å². The van der Waals surface area contributed by atoms with Crippen LogP contribution in [-0.2, 0) is 16.6 Å². The lowest BCUT2D eigenvalue weighted by atomic mass is 10.2. The van der Waals surface area contributed by atoms with E-state index in [9.17, 15) is 13.0 Å². The molecule has 0 bridgehead atoms. The fraction of sp³-hybridized carbons (Fsp3) is 0.0769. The van der Waals surface area contributed by atoms with Gasteiger partial charge in [-0.05, 0) is 24.3 Å². The van der Waals surface area contributed by atoms with Crippen LogP contribution in [0.5, 0.6) is 0 Å². The molecule has 1 atom stereocenters. The fourth-order valence-electron chi connectivity index (χ4n) is 1.54. The molecule has 18 heavy (non-hydrogen) atoms. The van der Waals surface area contributed by atoms with Gasteiger partial charge in [-0.2, -0.15) is 0 Å². The first kappa shape index (κ1) is 12.7. The maximum absolute atomic E-state index is 13.5. The number of anilines is 1. The summed E-state index contributed by atoms with van der Waals surface area (Å²) in [5.41, 5.74) is 5.97. The van der Waals surface area contributed by atoms with Gasteiger partial charge in [0.1, 0.15) is 11.6 Å². The van der Waals surface area contributed by atoms with E-state index >= 15 is 0 Å². The predicted molar refractivity (Wildman–Crippen MR) is 67.3 cm³/mol. The van der Waals surface area contributed by atoms with Crippen LogP contribution in [-0.4, -0.2) is 4.21 Å². The van der Waals surface area contributed by atoms with Gasteiger partial charge >= 0.3 is 0 Å². The van der Waals surface area contributed by atoms with Gasteiger partial charge in [-0.15, -0.1) is 0 Å². The lowest BCUT2D eigenvalue weighted by molar-refractivity contribution is 0.594. The minimum absolute atomic E-state index is 0.0347. The molecule has 0 amide bonds. The maximum atomic E-state index is 13.5. The Morgan fingerprint density at radius 3 is 2.44 bits per heavy atom. The molecule has 0 heterocycles. The highest BCUT2D eigenvalue weighted by atomic mass is 32.2. The largest absolute Gasteiger partial charge is 0.399 e.